The fraction of sp³-hybridized carbons (Fsp3) is 0.133. The summed E-state index contributed by atoms with van der Waals surface area (Å²) in [5, 5.41) is 11.5. The highest BCUT2D eigenvalue weighted by Crippen LogP contribution is 2.13. The van der Waals surface area contributed by atoms with Crippen molar-refractivity contribution in [2.45, 2.75) is 6.42 Å². The molecule has 2 aromatic rings. The first-order valence-electron chi connectivity index (χ1n) is 6.33. The number of aromatic carboxylic acids is 1. The maximum absolute atomic E-state index is 11.8. The van der Waals surface area contributed by atoms with Crippen LogP contribution in [0.15, 0.2) is 48.7 Å². The molecule has 21 heavy (non-hydrogen) atoms. The summed E-state index contributed by atoms with van der Waals surface area (Å²) in [4.78, 5) is 26.4. The molecule has 1 amide bonds. The normalized spacial score (nSPS) is 9.90. The second-order valence-corrected chi connectivity index (χ2v) is 4.16. The molecule has 0 saturated carbocycles. The number of nitrogens with zero attached hydrogens (tertiary/aromatic N) is 1. The number of carbonyl (C=O) groups excluding carboxylic acids is 1. The van der Waals surface area contributed by atoms with E-state index in [9.17, 15) is 9.59 Å². The predicted molar refractivity (Wildman–Crippen MR) is 76.4 cm³/mol. The van der Waals surface area contributed by atoms with Crippen LogP contribution in [-0.4, -0.2) is 28.6 Å². The number of carbonyl (C=O) groups is 2. The van der Waals surface area contributed by atoms with E-state index in [0.717, 1.165) is 0 Å². The summed E-state index contributed by atoms with van der Waals surface area (Å²) in [6, 6.07) is 12.2. The van der Waals surface area contributed by atoms with Crippen LogP contribution in [0.3, 0.4) is 0 Å². The lowest BCUT2D eigenvalue weighted by Crippen LogP contribution is -2.17. The average molecular weight is 286 g/mol. The average Bonchev–Trinajstić information content (AvgIpc) is 2.48. The highest BCUT2D eigenvalue weighted by atomic mass is 16.5. The number of nitrogens with one attached hydrogen (secondary N) is 1. The van der Waals surface area contributed by atoms with Gasteiger partial charge in [-0.1, -0.05) is 18.2 Å². The third-order valence-electron chi connectivity index (χ3n) is 2.63. The summed E-state index contributed by atoms with van der Waals surface area (Å²) in [7, 11) is 0. The molecule has 6 nitrogen and oxygen atoms in total. The number of aromatic nitrogens is 1. The van der Waals surface area contributed by atoms with Crippen molar-refractivity contribution in [1.29, 1.82) is 0 Å². The van der Waals surface area contributed by atoms with E-state index in [4.69, 9.17) is 9.84 Å². The van der Waals surface area contributed by atoms with Gasteiger partial charge in [0.15, 0.2) is 5.69 Å². The van der Waals surface area contributed by atoms with Crippen LogP contribution in [0.1, 0.15) is 16.9 Å². The molecule has 0 fully saturated rings. The Hall–Kier alpha value is -2.89. The van der Waals surface area contributed by atoms with E-state index in [1.807, 2.05) is 18.2 Å². The van der Waals surface area contributed by atoms with Gasteiger partial charge >= 0.3 is 5.97 Å². The molecule has 0 saturated heterocycles. The quantitative estimate of drug-likeness (QED) is 0.849. The number of hydrogen-bond donors (Lipinski definition) is 2. The van der Waals surface area contributed by atoms with Crippen molar-refractivity contribution in [3.8, 4) is 5.75 Å². The van der Waals surface area contributed by atoms with Crippen LogP contribution in [0.4, 0.5) is 5.69 Å². The van der Waals surface area contributed by atoms with Gasteiger partial charge in [-0.2, -0.15) is 0 Å². The number of benzene rings is 1. The Balaban J connectivity index is 1.86. The molecule has 0 atom stereocenters. The van der Waals surface area contributed by atoms with Gasteiger partial charge in [-0.15, -0.1) is 0 Å². The Labute approximate surface area is 121 Å². The van der Waals surface area contributed by atoms with Gasteiger partial charge in [-0.05, 0) is 24.3 Å². The Kier molecular flexibility index (Phi) is 4.87. The smallest absolute Gasteiger partial charge is 0.356 e. The van der Waals surface area contributed by atoms with Crippen LogP contribution >= 0.6 is 0 Å². The van der Waals surface area contributed by atoms with Gasteiger partial charge in [0, 0.05) is 6.20 Å². The summed E-state index contributed by atoms with van der Waals surface area (Å²) in [5.74, 6) is -0.842. The van der Waals surface area contributed by atoms with E-state index in [1.165, 1.54) is 12.3 Å². The second kappa shape index (κ2) is 7.04. The van der Waals surface area contributed by atoms with E-state index in [0.29, 0.717) is 5.75 Å². The van der Waals surface area contributed by atoms with Gasteiger partial charge in [-0.25, -0.2) is 9.78 Å². The number of rotatable bonds is 6. The van der Waals surface area contributed by atoms with Crippen LogP contribution in [0.2, 0.25) is 0 Å². The summed E-state index contributed by atoms with van der Waals surface area (Å²) in [6.45, 7) is 0.207. The number of ether oxygens (including phenoxy) is 1. The van der Waals surface area contributed by atoms with Crippen molar-refractivity contribution in [3.63, 3.8) is 0 Å². The minimum Gasteiger partial charge on any atom is -0.493 e. The third kappa shape index (κ3) is 4.31. The van der Waals surface area contributed by atoms with E-state index in [-0.39, 0.29) is 30.3 Å². The molecule has 0 unspecified atom stereocenters. The largest absolute Gasteiger partial charge is 0.493 e. The van der Waals surface area contributed by atoms with Crippen LogP contribution in [0, 0.1) is 0 Å². The molecule has 0 radical (unpaired) electrons. The lowest BCUT2D eigenvalue weighted by molar-refractivity contribution is -0.116. The number of hydrogen-bond acceptors (Lipinski definition) is 4. The van der Waals surface area contributed by atoms with Gasteiger partial charge in [0.05, 0.1) is 18.7 Å². The minimum absolute atomic E-state index is 0.114. The first-order valence-corrected chi connectivity index (χ1v) is 6.33. The Bertz CT molecular complexity index is 629. The third-order valence-corrected chi connectivity index (χ3v) is 2.63. The maximum Gasteiger partial charge on any atom is 0.356 e. The van der Waals surface area contributed by atoms with E-state index in [2.05, 4.69) is 10.3 Å². The molecular weight excluding hydrogens is 272 g/mol. The Morgan fingerprint density at radius 3 is 2.62 bits per heavy atom. The van der Waals surface area contributed by atoms with Crippen LogP contribution in [0.25, 0.3) is 0 Å². The van der Waals surface area contributed by atoms with Crippen molar-refractivity contribution < 1.29 is 19.4 Å². The molecular formula is C15H14N2O4. The lowest BCUT2D eigenvalue weighted by Gasteiger charge is -2.08. The Morgan fingerprint density at radius 1 is 1.14 bits per heavy atom. The van der Waals surface area contributed by atoms with E-state index in [1.54, 1.807) is 18.2 Å². The van der Waals surface area contributed by atoms with Gasteiger partial charge in [0.2, 0.25) is 5.91 Å². The molecule has 0 aliphatic heterocycles. The van der Waals surface area contributed by atoms with E-state index < -0.39 is 5.97 Å². The van der Waals surface area contributed by atoms with Crippen molar-refractivity contribution in [2.24, 2.45) is 0 Å². The van der Waals surface area contributed by atoms with Crippen LogP contribution in [0.5, 0.6) is 5.75 Å². The fourth-order valence-electron chi connectivity index (χ4n) is 1.67. The van der Waals surface area contributed by atoms with Crippen molar-refractivity contribution in [1.82, 2.24) is 4.98 Å². The number of carboxylic acids is 1. The molecule has 0 bridgehead atoms. The summed E-state index contributed by atoms with van der Waals surface area (Å²) >= 11 is 0. The van der Waals surface area contributed by atoms with Crippen molar-refractivity contribution in [2.75, 3.05) is 11.9 Å². The number of pyridine rings is 1. The second-order valence-electron chi connectivity index (χ2n) is 4.16. The molecule has 2 rings (SSSR count). The molecule has 1 aromatic carbocycles. The molecule has 2 N–H and O–H groups in total. The zero-order valence-electron chi connectivity index (χ0n) is 11.2. The molecule has 0 spiro atoms. The lowest BCUT2D eigenvalue weighted by atomic mass is 10.3. The monoisotopic (exact) mass is 286 g/mol. The number of amides is 1. The van der Waals surface area contributed by atoms with Gasteiger partial charge < -0.3 is 15.2 Å². The van der Waals surface area contributed by atoms with Gasteiger partial charge in [-0.3, -0.25) is 4.79 Å². The highest BCUT2D eigenvalue weighted by Gasteiger charge is 2.13. The van der Waals surface area contributed by atoms with Crippen LogP contribution in [-0.2, 0) is 4.79 Å². The Morgan fingerprint density at radius 2 is 1.90 bits per heavy atom. The number of carboxylic acid groups (broad SMARTS) is 1. The summed E-state index contributed by atoms with van der Waals surface area (Å²) < 4.78 is 5.40. The van der Waals surface area contributed by atoms with E-state index >= 15 is 0 Å². The summed E-state index contributed by atoms with van der Waals surface area (Å²) in [5.41, 5.74) is -0.00969. The molecule has 108 valence electrons. The molecule has 6 heteroatoms. The van der Waals surface area contributed by atoms with Crippen molar-refractivity contribution in [3.05, 3.63) is 54.4 Å². The van der Waals surface area contributed by atoms with Gasteiger partial charge in [0.1, 0.15) is 5.75 Å². The van der Waals surface area contributed by atoms with Crippen molar-refractivity contribution >= 4 is 17.6 Å². The minimum atomic E-state index is -1.19. The zero-order valence-corrected chi connectivity index (χ0v) is 11.2. The zero-order chi connectivity index (χ0) is 15.1. The molecule has 1 heterocycles. The predicted octanol–water partition coefficient (Wildman–Crippen LogP) is 2.19. The standard InChI is InChI=1S/C15H14N2O4/c18-13(8-10-21-11-5-2-1-3-6-11)17-12-7-4-9-16-14(12)15(19)20/h1-7,9H,8,10H2,(H,17,18)(H,19,20). The fourth-order valence-corrected chi connectivity index (χ4v) is 1.67. The number of anilines is 1. The SMILES string of the molecule is O=C(CCOc1ccccc1)Nc1cccnc1C(=O)O. The topological polar surface area (TPSA) is 88.5 Å². The highest BCUT2D eigenvalue weighted by molar-refractivity contribution is 5.99. The first-order chi connectivity index (χ1) is 10.2. The summed E-state index contributed by atoms with van der Waals surface area (Å²) in [6.07, 6.45) is 1.47. The number of para-hydroxylation sites is 1. The first kappa shape index (κ1) is 14.5. The molecule has 1 aromatic heterocycles. The maximum atomic E-state index is 11.8. The van der Waals surface area contributed by atoms with Crippen LogP contribution < -0.4 is 10.1 Å². The molecule has 0 aliphatic carbocycles. The molecule has 0 aliphatic rings. The van der Waals surface area contributed by atoms with Gasteiger partial charge in [0.25, 0.3) is 0 Å².